The standard InChI is InChI=1S/C13H15NO2/c15-11-5-6-14(8-11)9-12-7-10-3-1-2-4-13(10)16-12/h1-4,7,11,15H,5-6,8-9H2/t11-/m0/s1. The normalized spacial score (nSPS) is 21.9. The van der Waals surface area contributed by atoms with Crippen molar-refractivity contribution in [3.8, 4) is 0 Å². The summed E-state index contributed by atoms with van der Waals surface area (Å²) in [4.78, 5) is 2.22. The summed E-state index contributed by atoms with van der Waals surface area (Å²) in [6, 6.07) is 10.1. The van der Waals surface area contributed by atoms with Gasteiger partial charge in [-0.05, 0) is 18.6 Å². The number of fused-ring (bicyclic) bond motifs is 1. The summed E-state index contributed by atoms with van der Waals surface area (Å²) in [6.07, 6.45) is 0.713. The highest BCUT2D eigenvalue weighted by Crippen LogP contribution is 2.21. The van der Waals surface area contributed by atoms with Gasteiger partial charge in [-0.25, -0.2) is 0 Å². The van der Waals surface area contributed by atoms with Gasteiger partial charge in [0.25, 0.3) is 0 Å². The SMILES string of the molecule is O[C@H]1CCN(Cc2cc3ccccc3o2)C1. The summed E-state index contributed by atoms with van der Waals surface area (Å²) in [7, 11) is 0. The van der Waals surface area contributed by atoms with Gasteiger partial charge in [-0.2, -0.15) is 0 Å². The number of β-amino-alcohol motifs (C(OH)–C–C–N with tert-alkyl or cyclic N) is 1. The Morgan fingerprint density at radius 2 is 2.25 bits per heavy atom. The summed E-state index contributed by atoms with van der Waals surface area (Å²) < 4.78 is 5.74. The van der Waals surface area contributed by atoms with Crippen LogP contribution in [0.4, 0.5) is 0 Å². The molecule has 1 saturated heterocycles. The van der Waals surface area contributed by atoms with Gasteiger partial charge < -0.3 is 9.52 Å². The van der Waals surface area contributed by atoms with Crippen LogP contribution in [0.25, 0.3) is 11.0 Å². The molecule has 0 spiro atoms. The van der Waals surface area contributed by atoms with E-state index < -0.39 is 0 Å². The van der Waals surface area contributed by atoms with E-state index in [-0.39, 0.29) is 6.10 Å². The van der Waals surface area contributed by atoms with Crippen molar-refractivity contribution in [1.29, 1.82) is 0 Å². The minimum atomic E-state index is -0.163. The minimum absolute atomic E-state index is 0.163. The summed E-state index contributed by atoms with van der Waals surface area (Å²) in [6.45, 7) is 2.51. The Morgan fingerprint density at radius 3 is 3.00 bits per heavy atom. The third-order valence-corrected chi connectivity index (χ3v) is 3.10. The number of para-hydroxylation sites is 1. The highest BCUT2D eigenvalue weighted by atomic mass is 16.3. The summed E-state index contributed by atoms with van der Waals surface area (Å²) >= 11 is 0. The first-order valence-corrected chi connectivity index (χ1v) is 5.69. The van der Waals surface area contributed by atoms with Gasteiger partial charge in [-0.15, -0.1) is 0 Å². The highest BCUT2D eigenvalue weighted by Gasteiger charge is 2.21. The smallest absolute Gasteiger partial charge is 0.134 e. The Labute approximate surface area is 94.3 Å². The molecule has 1 atom stereocenters. The zero-order valence-electron chi connectivity index (χ0n) is 9.10. The van der Waals surface area contributed by atoms with E-state index in [9.17, 15) is 5.11 Å². The lowest BCUT2D eigenvalue weighted by molar-refractivity contribution is 0.172. The molecule has 0 bridgehead atoms. The maximum atomic E-state index is 9.45. The van der Waals surface area contributed by atoms with Crippen molar-refractivity contribution in [1.82, 2.24) is 4.90 Å². The number of hydrogen-bond acceptors (Lipinski definition) is 3. The molecule has 3 heteroatoms. The van der Waals surface area contributed by atoms with Crippen molar-refractivity contribution in [3.63, 3.8) is 0 Å². The van der Waals surface area contributed by atoms with Crippen LogP contribution in [0, 0.1) is 0 Å². The minimum Gasteiger partial charge on any atom is -0.460 e. The largest absolute Gasteiger partial charge is 0.460 e. The molecule has 84 valence electrons. The molecule has 1 aliphatic heterocycles. The molecule has 3 nitrogen and oxygen atoms in total. The second-order valence-corrected chi connectivity index (χ2v) is 4.43. The highest BCUT2D eigenvalue weighted by molar-refractivity contribution is 5.77. The maximum absolute atomic E-state index is 9.45. The zero-order chi connectivity index (χ0) is 11.0. The monoisotopic (exact) mass is 217 g/mol. The molecular weight excluding hydrogens is 202 g/mol. The van der Waals surface area contributed by atoms with Crippen LogP contribution in [0.1, 0.15) is 12.2 Å². The van der Waals surface area contributed by atoms with Gasteiger partial charge in [0.15, 0.2) is 0 Å². The van der Waals surface area contributed by atoms with Gasteiger partial charge in [0.2, 0.25) is 0 Å². The average Bonchev–Trinajstić information content (AvgIpc) is 2.84. The molecule has 1 N–H and O–H groups in total. The maximum Gasteiger partial charge on any atom is 0.134 e. The van der Waals surface area contributed by atoms with Gasteiger partial charge in [0.1, 0.15) is 11.3 Å². The van der Waals surface area contributed by atoms with Crippen LogP contribution in [-0.4, -0.2) is 29.2 Å². The quantitative estimate of drug-likeness (QED) is 0.835. The van der Waals surface area contributed by atoms with Crippen LogP contribution in [0.5, 0.6) is 0 Å². The molecule has 1 fully saturated rings. The fourth-order valence-electron chi connectivity index (χ4n) is 2.29. The van der Waals surface area contributed by atoms with Crippen LogP contribution in [-0.2, 0) is 6.54 Å². The lowest BCUT2D eigenvalue weighted by Crippen LogP contribution is -2.21. The number of nitrogens with zero attached hydrogens (tertiary/aromatic N) is 1. The summed E-state index contributed by atoms with van der Waals surface area (Å²) in [5.41, 5.74) is 0.942. The molecule has 16 heavy (non-hydrogen) atoms. The fourth-order valence-corrected chi connectivity index (χ4v) is 2.29. The number of rotatable bonds is 2. The molecule has 0 unspecified atom stereocenters. The predicted octanol–water partition coefficient (Wildman–Crippen LogP) is 2.00. The van der Waals surface area contributed by atoms with E-state index in [1.54, 1.807) is 0 Å². The second kappa shape index (κ2) is 3.92. The molecule has 0 amide bonds. The lowest BCUT2D eigenvalue weighted by atomic mass is 10.2. The van der Waals surface area contributed by atoms with Crippen molar-refractivity contribution in [2.24, 2.45) is 0 Å². The van der Waals surface area contributed by atoms with E-state index in [0.29, 0.717) is 0 Å². The van der Waals surface area contributed by atoms with Crippen molar-refractivity contribution >= 4 is 11.0 Å². The van der Waals surface area contributed by atoms with Crippen LogP contribution in [0.2, 0.25) is 0 Å². The number of benzene rings is 1. The van der Waals surface area contributed by atoms with E-state index >= 15 is 0 Å². The number of aliphatic hydroxyl groups is 1. The first kappa shape index (κ1) is 9.87. The average molecular weight is 217 g/mol. The topological polar surface area (TPSA) is 36.6 Å². The van der Waals surface area contributed by atoms with E-state index in [0.717, 1.165) is 42.8 Å². The molecule has 2 aromatic rings. The Morgan fingerprint density at radius 1 is 1.38 bits per heavy atom. The number of hydrogen-bond donors (Lipinski definition) is 1. The Hall–Kier alpha value is -1.32. The van der Waals surface area contributed by atoms with Gasteiger partial charge in [-0.1, -0.05) is 18.2 Å². The molecule has 2 heterocycles. The molecule has 0 aliphatic carbocycles. The molecule has 3 rings (SSSR count). The van der Waals surface area contributed by atoms with Gasteiger partial charge in [0, 0.05) is 18.5 Å². The Bertz CT molecular complexity index is 458. The molecule has 0 radical (unpaired) electrons. The molecular formula is C13H15NO2. The van der Waals surface area contributed by atoms with E-state index in [1.807, 2.05) is 18.2 Å². The lowest BCUT2D eigenvalue weighted by Gasteiger charge is -2.11. The molecule has 1 aromatic carbocycles. The molecule has 1 aromatic heterocycles. The summed E-state index contributed by atoms with van der Waals surface area (Å²) in [5.74, 6) is 0.982. The van der Waals surface area contributed by atoms with Crippen molar-refractivity contribution < 1.29 is 9.52 Å². The van der Waals surface area contributed by atoms with Gasteiger partial charge >= 0.3 is 0 Å². The van der Waals surface area contributed by atoms with Gasteiger partial charge in [0.05, 0.1) is 12.6 Å². The van der Waals surface area contributed by atoms with Crippen LogP contribution in [0.15, 0.2) is 34.7 Å². The third kappa shape index (κ3) is 1.84. The first-order valence-electron chi connectivity index (χ1n) is 5.69. The molecule has 1 aliphatic rings. The Balaban J connectivity index is 1.79. The summed E-state index contributed by atoms with van der Waals surface area (Å²) in [5, 5.41) is 10.6. The van der Waals surface area contributed by atoms with Crippen molar-refractivity contribution in [3.05, 3.63) is 36.1 Å². The molecule has 0 saturated carbocycles. The number of aliphatic hydroxyl groups excluding tert-OH is 1. The second-order valence-electron chi connectivity index (χ2n) is 4.43. The van der Waals surface area contributed by atoms with E-state index in [2.05, 4.69) is 17.0 Å². The van der Waals surface area contributed by atoms with Crippen LogP contribution < -0.4 is 0 Å². The van der Waals surface area contributed by atoms with Crippen molar-refractivity contribution in [2.45, 2.75) is 19.1 Å². The van der Waals surface area contributed by atoms with Crippen molar-refractivity contribution in [2.75, 3.05) is 13.1 Å². The number of furan rings is 1. The van der Waals surface area contributed by atoms with Crippen LogP contribution >= 0.6 is 0 Å². The van der Waals surface area contributed by atoms with E-state index in [4.69, 9.17) is 4.42 Å². The van der Waals surface area contributed by atoms with E-state index in [1.165, 1.54) is 0 Å². The van der Waals surface area contributed by atoms with Crippen LogP contribution in [0.3, 0.4) is 0 Å². The third-order valence-electron chi connectivity index (χ3n) is 3.10. The Kier molecular flexibility index (Phi) is 2.42. The number of likely N-dealkylation sites (tertiary alicyclic amines) is 1. The first-order chi connectivity index (χ1) is 7.81. The fraction of sp³-hybridized carbons (Fsp3) is 0.385. The predicted molar refractivity (Wildman–Crippen MR) is 62.1 cm³/mol. The zero-order valence-corrected chi connectivity index (χ0v) is 9.10. The van der Waals surface area contributed by atoms with Gasteiger partial charge in [-0.3, -0.25) is 4.90 Å².